The van der Waals surface area contributed by atoms with Crippen molar-refractivity contribution in [2.75, 3.05) is 20.2 Å². The summed E-state index contributed by atoms with van der Waals surface area (Å²) in [7, 11) is 1.40. The van der Waals surface area contributed by atoms with Crippen LogP contribution in [0.2, 0.25) is 0 Å². The molecule has 5 heteroatoms. The quantitative estimate of drug-likeness (QED) is 0.804. The van der Waals surface area contributed by atoms with Gasteiger partial charge in [0.2, 0.25) is 0 Å². The van der Waals surface area contributed by atoms with E-state index < -0.39 is 0 Å². The summed E-state index contributed by atoms with van der Waals surface area (Å²) in [4.78, 5) is 20.2. The smallest absolute Gasteiger partial charge is 0.337 e. The maximum atomic E-state index is 11.5. The number of hydrogen-bond donors (Lipinski definition) is 0. The summed E-state index contributed by atoms with van der Waals surface area (Å²) in [6.07, 6.45) is 8.45. The number of fused-ring (bicyclic) bond motifs is 1. The molecule has 1 aliphatic carbocycles. The Labute approximate surface area is 145 Å². The molecule has 1 aromatic heterocycles. The van der Waals surface area contributed by atoms with E-state index in [4.69, 9.17) is 9.72 Å². The van der Waals surface area contributed by atoms with E-state index in [9.17, 15) is 4.79 Å². The second-order valence-corrected chi connectivity index (χ2v) is 6.98. The van der Waals surface area contributed by atoms with E-state index in [0.717, 1.165) is 36.5 Å². The maximum absolute atomic E-state index is 11.5. The van der Waals surface area contributed by atoms with Gasteiger partial charge in [0.25, 0.3) is 0 Å². The average molecular weight is 338 g/mol. The second kappa shape index (κ2) is 6.24. The van der Waals surface area contributed by atoms with Gasteiger partial charge in [-0.3, -0.25) is 0 Å². The fourth-order valence-electron chi connectivity index (χ4n) is 3.00. The molecule has 0 unspecified atom stereocenters. The predicted octanol–water partition coefficient (Wildman–Crippen LogP) is 3.45. The van der Waals surface area contributed by atoms with E-state index in [1.165, 1.54) is 23.4 Å². The highest BCUT2D eigenvalue weighted by Crippen LogP contribution is 2.31. The minimum atomic E-state index is -0.309. The van der Waals surface area contributed by atoms with Crippen LogP contribution in [0.3, 0.4) is 0 Å². The first-order valence-corrected chi connectivity index (χ1v) is 8.87. The molecule has 0 spiro atoms. The number of benzene rings is 1. The number of thiazole rings is 1. The van der Waals surface area contributed by atoms with Crippen LogP contribution in [-0.4, -0.2) is 36.1 Å². The van der Waals surface area contributed by atoms with Gasteiger partial charge in [0.05, 0.1) is 18.4 Å². The van der Waals surface area contributed by atoms with Crippen molar-refractivity contribution in [2.45, 2.75) is 12.8 Å². The largest absolute Gasteiger partial charge is 0.465 e. The molecular weight excluding hydrogens is 320 g/mol. The van der Waals surface area contributed by atoms with Crippen LogP contribution in [0.15, 0.2) is 48.2 Å². The van der Waals surface area contributed by atoms with Crippen LogP contribution in [-0.2, 0) is 17.6 Å². The number of aromatic nitrogens is 1. The van der Waals surface area contributed by atoms with Gasteiger partial charge < -0.3 is 9.64 Å². The van der Waals surface area contributed by atoms with Crippen molar-refractivity contribution in [3.05, 3.63) is 64.3 Å². The lowest BCUT2D eigenvalue weighted by atomic mass is 10.1. The topological polar surface area (TPSA) is 42.4 Å². The van der Waals surface area contributed by atoms with Gasteiger partial charge in [0, 0.05) is 42.1 Å². The lowest BCUT2D eigenvalue weighted by Crippen LogP contribution is -2.26. The zero-order valence-corrected chi connectivity index (χ0v) is 14.3. The van der Waals surface area contributed by atoms with Crippen molar-refractivity contribution < 1.29 is 9.53 Å². The molecule has 1 aromatic carbocycles. The molecule has 24 heavy (non-hydrogen) atoms. The summed E-state index contributed by atoms with van der Waals surface area (Å²) >= 11 is 1.77. The monoisotopic (exact) mass is 338 g/mol. The van der Waals surface area contributed by atoms with Crippen LogP contribution in [0, 0.1) is 0 Å². The summed E-state index contributed by atoms with van der Waals surface area (Å²) in [6, 6.07) is 7.48. The zero-order valence-electron chi connectivity index (χ0n) is 13.5. The van der Waals surface area contributed by atoms with E-state index in [2.05, 4.69) is 23.1 Å². The number of nitrogens with zero attached hydrogens (tertiary/aromatic N) is 2. The van der Waals surface area contributed by atoms with Crippen LogP contribution in [0.1, 0.15) is 20.9 Å². The van der Waals surface area contributed by atoms with Crippen LogP contribution < -0.4 is 0 Å². The molecule has 4 rings (SSSR count). The first-order valence-electron chi connectivity index (χ1n) is 8.05. The van der Waals surface area contributed by atoms with Crippen molar-refractivity contribution in [2.24, 2.45) is 0 Å². The Hall–Kier alpha value is -2.40. The molecule has 1 aliphatic heterocycles. The van der Waals surface area contributed by atoms with Gasteiger partial charge in [-0.05, 0) is 24.3 Å². The van der Waals surface area contributed by atoms with Gasteiger partial charge in [-0.2, -0.15) is 0 Å². The Bertz CT molecular complexity index is 808. The van der Waals surface area contributed by atoms with Crippen LogP contribution in [0.25, 0.3) is 10.6 Å². The molecule has 0 N–H and O–H groups in total. The first-order chi connectivity index (χ1) is 11.7. The summed E-state index contributed by atoms with van der Waals surface area (Å²) < 4.78 is 4.74. The number of carbonyl (C=O) groups excluding carboxylic acids is 1. The van der Waals surface area contributed by atoms with Gasteiger partial charge in [-0.1, -0.05) is 18.2 Å². The van der Waals surface area contributed by atoms with Gasteiger partial charge >= 0.3 is 5.97 Å². The molecular formula is C19H18N2O2S. The average Bonchev–Trinajstić information content (AvgIpc) is 2.89. The number of hydrogen-bond acceptors (Lipinski definition) is 5. The SMILES string of the molecule is COC(=O)c1ccc(-c2nc3c(s2)CCN(C2=CC=C2)CC3)cc1. The molecule has 2 aliphatic rings. The van der Waals surface area contributed by atoms with Crippen molar-refractivity contribution in [1.82, 2.24) is 9.88 Å². The van der Waals surface area contributed by atoms with Gasteiger partial charge in [0.1, 0.15) is 5.01 Å². The van der Waals surface area contributed by atoms with Crippen molar-refractivity contribution in [1.29, 1.82) is 0 Å². The van der Waals surface area contributed by atoms with Gasteiger partial charge in [-0.15, -0.1) is 11.3 Å². The highest BCUT2D eigenvalue weighted by atomic mass is 32.1. The predicted molar refractivity (Wildman–Crippen MR) is 95.1 cm³/mol. The summed E-state index contributed by atoms with van der Waals surface area (Å²) in [5, 5.41) is 1.03. The standard InChI is InChI=1S/C19H18N2O2S/c1-23-19(22)14-7-5-13(6-8-14)18-20-16-9-11-21(15-3-2-4-15)12-10-17(16)24-18/h2-8H,9-12H2,1H3. The lowest BCUT2D eigenvalue weighted by Gasteiger charge is -2.26. The lowest BCUT2D eigenvalue weighted by molar-refractivity contribution is 0.0601. The fourth-order valence-corrected chi connectivity index (χ4v) is 4.11. The molecule has 0 amide bonds. The molecule has 2 aromatic rings. The molecule has 0 bridgehead atoms. The van der Waals surface area contributed by atoms with E-state index >= 15 is 0 Å². The molecule has 0 fully saturated rings. The summed E-state index contributed by atoms with van der Waals surface area (Å²) in [6.45, 7) is 2.07. The number of carbonyl (C=O) groups is 1. The maximum Gasteiger partial charge on any atom is 0.337 e. The molecule has 0 saturated carbocycles. The third-order valence-corrected chi connectivity index (χ3v) is 5.66. The number of allylic oxidation sites excluding steroid dienone is 3. The third kappa shape index (κ3) is 2.76. The van der Waals surface area contributed by atoms with Crippen molar-refractivity contribution >= 4 is 17.3 Å². The van der Waals surface area contributed by atoms with E-state index in [0.29, 0.717) is 5.56 Å². The van der Waals surface area contributed by atoms with Crippen LogP contribution >= 0.6 is 11.3 Å². The van der Waals surface area contributed by atoms with Crippen molar-refractivity contribution in [3.8, 4) is 10.6 Å². The van der Waals surface area contributed by atoms with E-state index in [1.54, 1.807) is 23.5 Å². The summed E-state index contributed by atoms with van der Waals surface area (Å²) in [5.74, 6) is -0.309. The van der Waals surface area contributed by atoms with E-state index in [-0.39, 0.29) is 5.97 Å². The zero-order chi connectivity index (χ0) is 16.5. The molecule has 4 nitrogen and oxygen atoms in total. The fraction of sp³-hybridized carbons (Fsp3) is 0.263. The minimum Gasteiger partial charge on any atom is -0.465 e. The molecule has 0 saturated heterocycles. The number of esters is 1. The number of methoxy groups -OCH3 is 1. The highest BCUT2D eigenvalue weighted by Gasteiger charge is 2.20. The molecule has 122 valence electrons. The molecule has 2 heterocycles. The molecule has 0 atom stereocenters. The Balaban J connectivity index is 1.52. The Morgan fingerprint density at radius 3 is 2.62 bits per heavy atom. The van der Waals surface area contributed by atoms with Crippen LogP contribution in [0.4, 0.5) is 0 Å². The van der Waals surface area contributed by atoms with Gasteiger partial charge in [0.15, 0.2) is 0 Å². The van der Waals surface area contributed by atoms with Crippen LogP contribution in [0.5, 0.6) is 0 Å². The minimum absolute atomic E-state index is 0.309. The van der Waals surface area contributed by atoms with Crippen molar-refractivity contribution in [3.63, 3.8) is 0 Å². The Morgan fingerprint density at radius 2 is 1.96 bits per heavy atom. The van der Waals surface area contributed by atoms with E-state index in [1.807, 2.05) is 12.1 Å². The van der Waals surface area contributed by atoms with Gasteiger partial charge in [-0.25, -0.2) is 9.78 Å². The Morgan fingerprint density at radius 1 is 1.21 bits per heavy atom. The number of rotatable bonds is 3. The normalized spacial score (nSPS) is 16.0. The number of ether oxygens (including phenoxy) is 1. The Kier molecular flexibility index (Phi) is 3.94. The summed E-state index contributed by atoms with van der Waals surface area (Å²) in [5.41, 5.74) is 4.18. The second-order valence-electron chi connectivity index (χ2n) is 5.90. The third-order valence-electron chi connectivity index (χ3n) is 4.46. The first kappa shape index (κ1) is 15.1. The highest BCUT2D eigenvalue weighted by molar-refractivity contribution is 7.15. The molecule has 0 radical (unpaired) electrons.